The molecule has 0 heterocycles. The quantitative estimate of drug-likeness (QED) is 0.875. The molecule has 0 radical (unpaired) electrons. The van der Waals surface area contributed by atoms with Gasteiger partial charge in [0, 0.05) is 13.1 Å². The van der Waals surface area contributed by atoms with E-state index in [0.717, 1.165) is 0 Å². The lowest BCUT2D eigenvalue weighted by Crippen LogP contribution is -2.25. The fraction of sp³-hybridized carbons (Fsp3) is 0.333. The topological polar surface area (TPSA) is 64.3 Å². The molecular weight excluding hydrogens is 240 g/mol. The van der Waals surface area contributed by atoms with Crippen molar-refractivity contribution in [3.63, 3.8) is 0 Å². The van der Waals surface area contributed by atoms with E-state index in [4.69, 9.17) is 22.0 Å². The van der Waals surface area contributed by atoms with Crippen molar-refractivity contribution >= 4 is 23.3 Å². The van der Waals surface area contributed by atoms with E-state index in [2.05, 4.69) is 0 Å². The fourth-order valence-electron chi connectivity index (χ4n) is 1.62. The second-order valence-corrected chi connectivity index (χ2v) is 3.83. The minimum absolute atomic E-state index is 0.0916. The van der Waals surface area contributed by atoms with Crippen LogP contribution < -0.4 is 4.90 Å². The van der Waals surface area contributed by atoms with Crippen LogP contribution in [-0.4, -0.2) is 24.2 Å². The predicted octanol–water partition coefficient (Wildman–Crippen LogP) is 2.78. The number of rotatable bonds is 5. The number of anilines is 1. The van der Waals surface area contributed by atoms with Crippen molar-refractivity contribution < 1.29 is 9.90 Å². The number of hydrogen-bond acceptors (Lipinski definition) is 3. The lowest BCUT2D eigenvalue weighted by atomic mass is 10.1. The fourth-order valence-corrected chi connectivity index (χ4v) is 1.87. The monoisotopic (exact) mass is 252 g/mol. The summed E-state index contributed by atoms with van der Waals surface area (Å²) >= 11 is 5.89. The van der Waals surface area contributed by atoms with Crippen molar-refractivity contribution in [2.75, 3.05) is 18.0 Å². The molecular formula is C12H13ClN2O2. The molecule has 0 aliphatic carbocycles. The second kappa shape index (κ2) is 6.12. The number of carboxylic acid groups (broad SMARTS) is 1. The Bertz CT molecular complexity index is 454. The lowest BCUT2D eigenvalue weighted by molar-refractivity contribution is 0.0697. The summed E-state index contributed by atoms with van der Waals surface area (Å²) < 4.78 is 0. The first kappa shape index (κ1) is 13.3. The van der Waals surface area contributed by atoms with Crippen LogP contribution in [0.3, 0.4) is 0 Å². The van der Waals surface area contributed by atoms with Gasteiger partial charge in [0.05, 0.1) is 23.2 Å². The summed E-state index contributed by atoms with van der Waals surface area (Å²) in [5.74, 6) is -1.05. The Morgan fingerprint density at radius 3 is 2.82 bits per heavy atom. The number of nitriles is 1. The van der Waals surface area contributed by atoms with Gasteiger partial charge >= 0.3 is 5.97 Å². The highest BCUT2D eigenvalue weighted by Crippen LogP contribution is 2.27. The van der Waals surface area contributed by atoms with Crippen molar-refractivity contribution in [1.82, 2.24) is 0 Å². The van der Waals surface area contributed by atoms with Gasteiger partial charge in [-0.1, -0.05) is 17.7 Å². The van der Waals surface area contributed by atoms with Crippen LogP contribution in [0.1, 0.15) is 23.7 Å². The van der Waals surface area contributed by atoms with Crippen molar-refractivity contribution in [2.45, 2.75) is 13.3 Å². The summed E-state index contributed by atoms with van der Waals surface area (Å²) in [6, 6.07) is 7.00. The Hall–Kier alpha value is -1.73. The second-order valence-electron chi connectivity index (χ2n) is 3.43. The zero-order valence-electron chi connectivity index (χ0n) is 9.48. The highest BCUT2D eigenvalue weighted by molar-refractivity contribution is 6.34. The van der Waals surface area contributed by atoms with Crippen molar-refractivity contribution in [3.8, 4) is 6.07 Å². The van der Waals surface area contributed by atoms with E-state index in [1.807, 2.05) is 17.9 Å². The zero-order chi connectivity index (χ0) is 12.8. The normalized spacial score (nSPS) is 9.71. The summed E-state index contributed by atoms with van der Waals surface area (Å²) in [7, 11) is 0. The minimum Gasteiger partial charge on any atom is -0.478 e. The Morgan fingerprint density at radius 1 is 1.59 bits per heavy atom. The molecule has 0 saturated carbocycles. The molecule has 0 aromatic heterocycles. The molecule has 5 heteroatoms. The summed E-state index contributed by atoms with van der Waals surface area (Å²) in [6.45, 7) is 3.03. The van der Waals surface area contributed by atoms with E-state index in [0.29, 0.717) is 25.2 Å². The van der Waals surface area contributed by atoms with Gasteiger partial charge in [-0.05, 0) is 19.1 Å². The molecule has 0 unspecified atom stereocenters. The van der Waals surface area contributed by atoms with Crippen molar-refractivity contribution in [2.24, 2.45) is 0 Å². The molecule has 0 atom stereocenters. The van der Waals surface area contributed by atoms with Gasteiger partial charge in [0.25, 0.3) is 0 Å². The standard InChI is InChI=1S/C12H13ClN2O2/c1-2-15(8-4-7-14)10-6-3-5-9(13)11(10)12(16)17/h3,5-6H,2,4,8H2,1H3,(H,16,17). The van der Waals surface area contributed by atoms with E-state index in [-0.39, 0.29) is 10.6 Å². The molecule has 1 N–H and O–H groups in total. The maximum Gasteiger partial charge on any atom is 0.339 e. The summed E-state index contributed by atoms with van der Waals surface area (Å²) in [5.41, 5.74) is 0.650. The molecule has 1 rings (SSSR count). The van der Waals surface area contributed by atoms with E-state index in [1.165, 1.54) is 0 Å². The van der Waals surface area contributed by atoms with Gasteiger partial charge in [0.2, 0.25) is 0 Å². The number of hydrogen-bond donors (Lipinski definition) is 1. The SMILES string of the molecule is CCN(CCC#N)c1cccc(Cl)c1C(=O)O. The molecule has 4 nitrogen and oxygen atoms in total. The first-order valence-electron chi connectivity index (χ1n) is 5.25. The largest absolute Gasteiger partial charge is 0.478 e. The number of nitrogens with zero attached hydrogens (tertiary/aromatic N) is 2. The van der Waals surface area contributed by atoms with Crippen molar-refractivity contribution in [3.05, 3.63) is 28.8 Å². The van der Waals surface area contributed by atoms with Crippen LogP contribution in [0, 0.1) is 11.3 Å². The molecule has 0 aliphatic heterocycles. The van der Waals surface area contributed by atoms with Gasteiger partial charge in [-0.2, -0.15) is 5.26 Å². The molecule has 0 bridgehead atoms. The Balaban J connectivity index is 3.15. The van der Waals surface area contributed by atoms with Crippen LogP contribution in [0.25, 0.3) is 0 Å². The third-order valence-corrected chi connectivity index (χ3v) is 2.74. The van der Waals surface area contributed by atoms with E-state index < -0.39 is 5.97 Å². The van der Waals surface area contributed by atoms with Gasteiger partial charge < -0.3 is 10.0 Å². The number of halogens is 1. The summed E-state index contributed by atoms with van der Waals surface area (Å²) in [5, 5.41) is 17.9. The molecule has 0 amide bonds. The molecule has 1 aromatic rings. The smallest absolute Gasteiger partial charge is 0.339 e. The van der Waals surface area contributed by atoms with Crippen LogP contribution in [0.15, 0.2) is 18.2 Å². The minimum atomic E-state index is -1.05. The molecule has 90 valence electrons. The van der Waals surface area contributed by atoms with Crippen LogP contribution >= 0.6 is 11.6 Å². The highest BCUT2D eigenvalue weighted by Gasteiger charge is 2.17. The molecule has 0 fully saturated rings. The molecule has 0 spiro atoms. The average molecular weight is 253 g/mol. The lowest BCUT2D eigenvalue weighted by Gasteiger charge is -2.23. The van der Waals surface area contributed by atoms with E-state index >= 15 is 0 Å². The van der Waals surface area contributed by atoms with Crippen LogP contribution in [-0.2, 0) is 0 Å². The predicted molar refractivity (Wildman–Crippen MR) is 66.5 cm³/mol. The number of benzene rings is 1. The van der Waals surface area contributed by atoms with Crippen molar-refractivity contribution in [1.29, 1.82) is 5.26 Å². The number of aromatic carboxylic acids is 1. The van der Waals surface area contributed by atoms with Crippen LogP contribution in [0.5, 0.6) is 0 Å². The maximum atomic E-state index is 11.2. The van der Waals surface area contributed by atoms with E-state index in [9.17, 15) is 4.79 Å². The van der Waals surface area contributed by atoms with Gasteiger partial charge in [-0.15, -0.1) is 0 Å². The Labute approximate surface area is 105 Å². The van der Waals surface area contributed by atoms with Gasteiger partial charge in [-0.25, -0.2) is 4.79 Å². The van der Waals surface area contributed by atoms with Gasteiger partial charge in [0.1, 0.15) is 5.56 Å². The van der Waals surface area contributed by atoms with E-state index in [1.54, 1.807) is 18.2 Å². The highest BCUT2D eigenvalue weighted by atomic mass is 35.5. The van der Waals surface area contributed by atoms with Gasteiger partial charge in [-0.3, -0.25) is 0 Å². The third-order valence-electron chi connectivity index (χ3n) is 2.42. The molecule has 17 heavy (non-hydrogen) atoms. The average Bonchev–Trinajstić information content (AvgIpc) is 2.29. The molecule has 1 aromatic carbocycles. The first-order valence-corrected chi connectivity index (χ1v) is 5.63. The Kier molecular flexibility index (Phi) is 4.80. The summed E-state index contributed by atoms with van der Waals surface area (Å²) in [6.07, 6.45) is 0.347. The molecule has 0 aliphatic rings. The number of carbonyl (C=O) groups is 1. The first-order chi connectivity index (χ1) is 8.11. The molecule has 0 saturated heterocycles. The third kappa shape index (κ3) is 3.11. The number of carboxylic acids is 1. The summed E-state index contributed by atoms with van der Waals surface area (Å²) in [4.78, 5) is 13.0. The van der Waals surface area contributed by atoms with Gasteiger partial charge in [0.15, 0.2) is 0 Å². The maximum absolute atomic E-state index is 11.2. The van der Waals surface area contributed by atoms with Crippen LogP contribution in [0.2, 0.25) is 5.02 Å². The zero-order valence-corrected chi connectivity index (χ0v) is 10.2. The van der Waals surface area contributed by atoms with Crippen LogP contribution in [0.4, 0.5) is 5.69 Å². The Morgan fingerprint density at radius 2 is 2.29 bits per heavy atom.